The minimum absolute atomic E-state index is 0.157. The molecule has 1 rings (SSSR count). The second-order valence-electron chi connectivity index (χ2n) is 2.28. The first-order valence-corrected chi connectivity index (χ1v) is 4.01. The van der Waals surface area contributed by atoms with Gasteiger partial charge in [-0.15, -0.1) is 0 Å². The quantitative estimate of drug-likeness (QED) is 0.699. The van der Waals surface area contributed by atoms with E-state index in [4.69, 9.17) is 10.2 Å². The number of aliphatic hydroxyl groups excluding tert-OH is 2. The third-order valence-corrected chi connectivity index (χ3v) is 1.67. The summed E-state index contributed by atoms with van der Waals surface area (Å²) in [5.41, 5.74) is 2.29. The Bertz CT molecular complexity index is 186. The topological polar surface area (TPSA) is 40.5 Å². The normalized spacial score (nSPS) is 8.67. The molecule has 2 N–H and O–H groups in total. The summed E-state index contributed by atoms with van der Waals surface area (Å²) in [5, 5.41) is 15.8. The van der Waals surface area contributed by atoms with Crippen LogP contribution in [-0.4, -0.2) is 17.3 Å². The van der Waals surface area contributed by atoms with Crippen molar-refractivity contribution in [2.45, 2.75) is 20.0 Å². The zero-order chi connectivity index (χ0) is 9.40. The molecule has 68 valence electrons. The lowest BCUT2D eigenvalue weighted by molar-refractivity contribution is 0.280. The van der Waals surface area contributed by atoms with Crippen LogP contribution in [0.25, 0.3) is 0 Å². The maximum absolute atomic E-state index is 8.85. The average molecular weight is 168 g/mol. The second kappa shape index (κ2) is 6.83. The number of aliphatic hydroxyl groups is 2. The van der Waals surface area contributed by atoms with Crippen LogP contribution < -0.4 is 0 Å². The molecule has 0 atom stereocenters. The highest BCUT2D eigenvalue weighted by atomic mass is 16.3. The number of hydrogen-bond acceptors (Lipinski definition) is 2. The molecule has 0 saturated heterocycles. The van der Waals surface area contributed by atoms with Gasteiger partial charge in [-0.3, -0.25) is 0 Å². The van der Waals surface area contributed by atoms with Crippen molar-refractivity contribution in [2.75, 3.05) is 7.11 Å². The third kappa shape index (κ3) is 3.03. The van der Waals surface area contributed by atoms with E-state index in [2.05, 4.69) is 6.92 Å². The Morgan fingerprint density at radius 1 is 1.08 bits per heavy atom. The second-order valence-corrected chi connectivity index (χ2v) is 2.28. The summed E-state index contributed by atoms with van der Waals surface area (Å²) in [5.74, 6) is 0. The molecule has 0 aliphatic heterocycles. The van der Waals surface area contributed by atoms with Crippen molar-refractivity contribution >= 4 is 0 Å². The highest BCUT2D eigenvalue weighted by molar-refractivity contribution is 5.25. The number of rotatable bonds is 2. The first-order valence-electron chi connectivity index (χ1n) is 4.01. The van der Waals surface area contributed by atoms with Gasteiger partial charge in [-0.05, 0) is 17.5 Å². The van der Waals surface area contributed by atoms with Gasteiger partial charge in [-0.2, -0.15) is 0 Å². The van der Waals surface area contributed by atoms with Crippen LogP contribution in [0, 0.1) is 0 Å². The summed E-state index contributed by atoms with van der Waals surface area (Å²) in [6.07, 6.45) is 0.997. The molecule has 0 saturated carbocycles. The van der Waals surface area contributed by atoms with E-state index in [1.807, 2.05) is 24.3 Å². The Morgan fingerprint density at radius 3 is 1.92 bits per heavy atom. The van der Waals surface area contributed by atoms with E-state index in [0.717, 1.165) is 19.1 Å². The van der Waals surface area contributed by atoms with E-state index < -0.39 is 0 Å². The van der Waals surface area contributed by atoms with E-state index in [-0.39, 0.29) is 6.61 Å². The Morgan fingerprint density at radius 2 is 1.58 bits per heavy atom. The summed E-state index contributed by atoms with van der Waals surface area (Å²) in [6.45, 7) is 2.25. The van der Waals surface area contributed by atoms with Gasteiger partial charge >= 0.3 is 0 Å². The molecule has 1 aromatic carbocycles. The van der Waals surface area contributed by atoms with Gasteiger partial charge in [0.15, 0.2) is 0 Å². The van der Waals surface area contributed by atoms with Crippen molar-refractivity contribution in [1.82, 2.24) is 0 Å². The van der Waals surface area contributed by atoms with Crippen LogP contribution in [0.4, 0.5) is 0 Å². The SMILES string of the molecule is CCc1ccccc1CO.CO. The average Bonchev–Trinajstić information content (AvgIpc) is 2.20. The number of aryl methyl sites for hydroxylation is 1. The molecule has 0 fully saturated rings. The van der Waals surface area contributed by atoms with Crippen LogP contribution in [0.15, 0.2) is 24.3 Å². The van der Waals surface area contributed by atoms with Gasteiger partial charge in [0, 0.05) is 7.11 Å². The molecule has 0 aliphatic carbocycles. The molecule has 2 heteroatoms. The van der Waals surface area contributed by atoms with Crippen LogP contribution >= 0.6 is 0 Å². The van der Waals surface area contributed by atoms with Gasteiger partial charge in [-0.25, -0.2) is 0 Å². The van der Waals surface area contributed by atoms with Crippen molar-refractivity contribution in [1.29, 1.82) is 0 Å². The minimum atomic E-state index is 0.157. The molecule has 1 aromatic rings. The van der Waals surface area contributed by atoms with Crippen molar-refractivity contribution < 1.29 is 10.2 Å². The maximum atomic E-state index is 8.85. The highest BCUT2D eigenvalue weighted by Gasteiger charge is 1.94. The van der Waals surface area contributed by atoms with Gasteiger partial charge in [0.2, 0.25) is 0 Å². The first-order chi connectivity index (χ1) is 5.88. The van der Waals surface area contributed by atoms with Gasteiger partial charge in [0.1, 0.15) is 0 Å². The van der Waals surface area contributed by atoms with Crippen LogP contribution in [0.2, 0.25) is 0 Å². The lowest BCUT2D eigenvalue weighted by atomic mass is 10.1. The molecule has 12 heavy (non-hydrogen) atoms. The van der Waals surface area contributed by atoms with Crippen molar-refractivity contribution in [3.05, 3.63) is 35.4 Å². The molecule has 0 unspecified atom stereocenters. The van der Waals surface area contributed by atoms with Gasteiger partial charge in [-0.1, -0.05) is 31.2 Å². The molecule has 0 aliphatic rings. The molecule has 2 nitrogen and oxygen atoms in total. The van der Waals surface area contributed by atoms with Crippen molar-refractivity contribution in [2.24, 2.45) is 0 Å². The molecule has 0 bridgehead atoms. The fraction of sp³-hybridized carbons (Fsp3) is 0.400. The van der Waals surface area contributed by atoms with Crippen LogP contribution in [0.3, 0.4) is 0 Å². The molecular weight excluding hydrogens is 152 g/mol. The molecule has 0 radical (unpaired) electrons. The Hall–Kier alpha value is -0.860. The van der Waals surface area contributed by atoms with Crippen molar-refractivity contribution in [3.63, 3.8) is 0 Å². The van der Waals surface area contributed by atoms with E-state index >= 15 is 0 Å². The van der Waals surface area contributed by atoms with Gasteiger partial charge < -0.3 is 10.2 Å². The lowest BCUT2D eigenvalue weighted by Gasteiger charge is -2.01. The van der Waals surface area contributed by atoms with Crippen LogP contribution in [0.1, 0.15) is 18.1 Å². The summed E-state index contributed by atoms with van der Waals surface area (Å²) in [7, 11) is 1.00. The van der Waals surface area contributed by atoms with Crippen molar-refractivity contribution in [3.8, 4) is 0 Å². The van der Waals surface area contributed by atoms with E-state index in [1.54, 1.807) is 0 Å². The molecule has 0 heterocycles. The monoisotopic (exact) mass is 168 g/mol. The smallest absolute Gasteiger partial charge is 0.0684 e. The van der Waals surface area contributed by atoms with Crippen LogP contribution in [-0.2, 0) is 13.0 Å². The van der Waals surface area contributed by atoms with Gasteiger partial charge in [0.05, 0.1) is 6.61 Å². The molecule has 0 amide bonds. The van der Waals surface area contributed by atoms with E-state index in [0.29, 0.717) is 0 Å². The molecule has 0 aromatic heterocycles. The predicted molar refractivity (Wildman–Crippen MR) is 49.9 cm³/mol. The molecule has 0 spiro atoms. The minimum Gasteiger partial charge on any atom is -0.400 e. The third-order valence-electron chi connectivity index (χ3n) is 1.67. The zero-order valence-electron chi connectivity index (χ0n) is 7.62. The Balaban J connectivity index is 0.000000561. The Labute approximate surface area is 73.5 Å². The highest BCUT2D eigenvalue weighted by Crippen LogP contribution is 2.08. The van der Waals surface area contributed by atoms with Gasteiger partial charge in [0.25, 0.3) is 0 Å². The lowest BCUT2D eigenvalue weighted by Crippen LogP contribution is -1.90. The fourth-order valence-electron chi connectivity index (χ4n) is 1.06. The standard InChI is InChI=1S/C9H12O.CH4O/c1-2-8-5-3-4-6-9(8)7-10;1-2/h3-6,10H,2,7H2,1H3;2H,1H3. The first kappa shape index (κ1) is 11.1. The molecular formula is C10H16O2. The fourth-order valence-corrected chi connectivity index (χ4v) is 1.06. The largest absolute Gasteiger partial charge is 0.400 e. The van der Waals surface area contributed by atoms with Crippen LogP contribution in [0.5, 0.6) is 0 Å². The summed E-state index contributed by atoms with van der Waals surface area (Å²) in [6, 6.07) is 7.95. The number of benzene rings is 1. The van der Waals surface area contributed by atoms with E-state index in [9.17, 15) is 0 Å². The predicted octanol–water partition coefficient (Wildman–Crippen LogP) is 1.35. The van der Waals surface area contributed by atoms with E-state index in [1.165, 1.54) is 5.56 Å². The number of hydrogen-bond donors (Lipinski definition) is 2. The Kier molecular flexibility index (Phi) is 6.34. The summed E-state index contributed by atoms with van der Waals surface area (Å²) < 4.78 is 0. The summed E-state index contributed by atoms with van der Waals surface area (Å²) in [4.78, 5) is 0. The summed E-state index contributed by atoms with van der Waals surface area (Å²) >= 11 is 0. The zero-order valence-corrected chi connectivity index (χ0v) is 7.62. The maximum Gasteiger partial charge on any atom is 0.0684 e.